The molecule has 1 heterocycles. The average Bonchev–Trinajstić information content (AvgIpc) is 2.47. The Morgan fingerprint density at radius 3 is 2.41 bits per heavy atom. The Labute approximate surface area is 132 Å². The average molecular weight is 317 g/mol. The topological polar surface area (TPSA) is 67.5 Å². The summed E-state index contributed by atoms with van der Waals surface area (Å²) >= 11 is 0. The second kappa shape index (κ2) is 6.03. The van der Waals surface area contributed by atoms with Crippen LogP contribution in [0.2, 0.25) is 0 Å². The molecule has 0 aliphatic carbocycles. The van der Waals surface area contributed by atoms with E-state index in [1.54, 1.807) is 6.07 Å². The van der Waals surface area contributed by atoms with E-state index in [4.69, 9.17) is 4.42 Å². The molecular formula is C17H13ClO4. The highest BCUT2D eigenvalue weighted by Crippen LogP contribution is 2.24. The van der Waals surface area contributed by atoms with Crippen molar-refractivity contribution in [3.63, 3.8) is 0 Å². The molecule has 0 saturated carbocycles. The smallest absolute Gasteiger partial charge is 0.339 e. The summed E-state index contributed by atoms with van der Waals surface area (Å²) in [7, 11) is 0. The Morgan fingerprint density at radius 2 is 1.77 bits per heavy atom. The van der Waals surface area contributed by atoms with Crippen molar-refractivity contribution in [3.8, 4) is 11.3 Å². The van der Waals surface area contributed by atoms with Crippen molar-refractivity contribution < 1.29 is 14.3 Å². The van der Waals surface area contributed by atoms with Gasteiger partial charge < -0.3 is 9.52 Å². The highest BCUT2D eigenvalue weighted by molar-refractivity contribution is 6.01. The molecule has 1 aromatic heterocycles. The summed E-state index contributed by atoms with van der Waals surface area (Å²) in [5.41, 5.74) is 1.66. The Morgan fingerprint density at radius 1 is 1.09 bits per heavy atom. The van der Waals surface area contributed by atoms with Gasteiger partial charge in [-0.1, -0.05) is 35.9 Å². The van der Waals surface area contributed by atoms with Gasteiger partial charge in [-0.2, -0.15) is 0 Å². The van der Waals surface area contributed by atoms with Crippen molar-refractivity contribution in [2.45, 2.75) is 6.92 Å². The number of fused-ring (bicyclic) bond motifs is 1. The summed E-state index contributed by atoms with van der Waals surface area (Å²) in [5, 5.41) is 9.48. The summed E-state index contributed by atoms with van der Waals surface area (Å²) in [6.07, 6.45) is 0. The number of hydrogen-bond donors (Lipinski definition) is 1. The molecule has 22 heavy (non-hydrogen) atoms. The molecule has 0 atom stereocenters. The molecular weight excluding hydrogens is 304 g/mol. The van der Waals surface area contributed by atoms with E-state index in [1.165, 1.54) is 18.2 Å². The molecule has 0 radical (unpaired) electrons. The first-order valence-corrected chi connectivity index (χ1v) is 6.43. The molecule has 0 aliphatic rings. The van der Waals surface area contributed by atoms with Crippen LogP contribution >= 0.6 is 12.4 Å². The molecule has 3 rings (SSSR count). The zero-order valence-electron chi connectivity index (χ0n) is 11.7. The maximum absolute atomic E-state index is 12.2. The van der Waals surface area contributed by atoms with E-state index in [1.807, 2.05) is 31.2 Å². The third-order valence-electron chi connectivity index (χ3n) is 3.32. The zero-order chi connectivity index (χ0) is 15.0. The van der Waals surface area contributed by atoms with Crippen LogP contribution in [-0.4, -0.2) is 11.1 Å². The largest absolute Gasteiger partial charge is 0.478 e. The maximum Gasteiger partial charge on any atom is 0.339 e. The predicted octanol–water partition coefficient (Wildman–Crippen LogP) is 3.89. The Balaban J connectivity index is 0.00000176. The summed E-state index contributed by atoms with van der Waals surface area (Å²) in [6, 6.07) is 13.4. The van der Waals surface area contributed by atoms with Crippen LogP contribution in [0.25, 0.3) is 22.3 Å². The summed E-state index contributed by atoms with van der Waals surface area (Å²) in [6.45, 7) is 1.96. The molecule has 0 saturated heterocycles. The lowest BCUT2D eigenvalue weighted by atomic mass is 10.1. The number of hydrogen-bond acceptors (Lipinski definition) is 3. The van der Waals surface area contributed by atoms with Gasteiger partial charge in [-0.25, -0.2) is 4.79 Å². The number of halogens is 1. The first-order chi connectivity index (χ1) is 10.1. The fourth-order valence-electron chi connectivity index (χ4n) is 2.21. The van der Waals surface area contributed by atoms with Crippen LogP contribution < -0.4 is 5.43 Å². The van der Waals surface area contributed by atoms with Gasteiger partial charge in [0.25, 0.3) is 0 Å². The van der Waals surface area contributed by atoms with Crippen molar-refractivity contribution in [2.75, 3.05) is 0 Å². The van der Waals surface area contributed by atoms with E-state index in [9.17, 15) is 14.7 Å². The van der Waals surface area contributed by atoms with Crippen molar-refractivity contribution in [2.24, 2.45) is 0 Å². The second-order valence-corrected chi connectivity index (χ2v) is 4.83. The Hall–Kier alpha value is -2.59. The number of carbonyl (C=O) groups is 1. The fraction of sp³-hybridized carbons (Fsp3) is 0.0588. The van der Waals surface area contributed by atoms with Gasteiger partial charge in [0, 0.05) is 11.6 Å². The van der Waals surface area contributed by atoms with Crippen molar-refractivity contribution >= 4 is 29.3 Å². The molecule has 0 fully saturated rings. The molecule has 5 heteroatoms. The number of aryl methyl sites for hydroxylation is 1. The number of carboxylic acid groups (broad SMARTS) is 1. The highest BCUT2D eigenvalue weighted by atomic mass is 35.5. The first kappa shape index (κ1) is 15.8. The molecule has 3 aromatic rings. The molecule has 112 valence electrons. The lowest BCUT2D eigenvalue weighted by molar-refractivity contribution is 0.0698. The third-order valence-corrected chi connectivity index (χ3v) is 3.32. The van der Waals surface area contributed by atoms with E-state index in [2.05, 4.69) is 0 Å². The van der Waals surface area contributed by atoms with Crippen LogP contribution in [0.5, 0.6) is 0 Å². The van der Waals surface area contributed by atoms with Gasteiger partial charge in [0.15, 0.2) is 11.0 Å². The van der Waals surface area contributed by atoms with Crippen molar-refractivity contribution in [1.82, 2.24) is 0 Å². The molecule has 0 spiro atoms. The van der Waals surface area contributed by atoms with E-state index in [0.717, 1.165) is 11.1 Å². The SMILES string of the molecule is Cc1ccc(-c2cc(=O)c3cccc(C(=O)O)c3o2)cc1.Cl. The highest BCUT2D eigenvalue weighted by Gasteiger charge is 2.14. The molecule has 0 amide bonds. The zero-order valence-corrected chi connectivity index (χ0v) is 12.5. The first-order valence-electron chi connectivity index (χ1n) is 6.43. The molecule has 4 nitrogen and oxygen atoms in total. The van der Waals surface area contributed by atoms with E-state index < -0.39 is 5.97 Å². The summed E-state index contributed by atoms with van der Waals surface area (Å²) in [4.78, 5) is 23.4. The number of para-hydroxylation sites is 1. The minimum Gasteiger partial charge on any atom is -0.478 e. The van der Waals surface area contributed by atoms with Gasteiger partial charge in [0.1, 0.15) is 11.3 Å². The van der Waals surface area contributed by atoms with Crippen molar-refractivity contribution in [1.29, 1.82) is 0 Å². The van der Waals surface area contributed by atoms with Gasteiger partial charge >= 0.3 is 5.97 Å². The van der Waals surface area contributed by atoms with E-state index in [-0.39, 0.29) is 34.4 Å². The van der Waals surface area contributed by atoms with Gasteiger partial charge in [-0.05, 0) is 19.1 Å². The Bertz CT molecular complexity index is 895. The molecule has 2 aromatic carbocycles. The van der Waals surface area contributed by atoms with E-state index in [0.29, 0.717) is 5.76 Å². The van der Waals surface area contributed by atoms with Gasteiger partial charge in [0.2, 0.25) is 0 Å². The van der Waals surface area contributed by atoms with Gasteiger partial charge in [0.05, 0.1) is 5.39 Å². The van der Waals surface area contributed by atoms with Crippen LogP contribution in [-0.2, 0) is 0 Å². The Kier molecular flexibility index (Phi) is 4.33. The lowest BCUT2D eigenvalue weighted by Gasteiger charge is -2.05. The number of benzene rings is 2. The van der Waals surface area contributed by atoms with Crippen LogP contribution in [0.3, 0.4) is 0 Å². The molecule has 0 unspecified atom stereocenters. The monoisotopic (exact) mass is 316 g/mol. The standard InChI is InChI=1S/C17H12O4.ClH/c1-10-5-7-11(8-6-10)15-9-14(18)12-3-2-4-13(17(19)20)16(12)21-15;/h2-9H,1H3,(H,19,20);1H. The van der Waals surface area contributed by atoms with Crippen LogP contribution in [0.4, 0.5) is 0 Å². The van der Waals surface area contributed by atoms with Gasteiger partial charge in [-0.15, -0.1) is 12.4 Å². The van der Waals surface area contributed by atoms with Gasteiger partial charge in [-0.3, -0.25) is 4.79 Å². The minimum absolute atomic E-state index is 0. The van der Waals surface area contributed by atoms with Crippen LogP contribution in [0, 0.1) is 6.92 Å². The number of carboxylic acids is 1. The van der Waals surface area contributed by atoms with E-state index >= 15 is 0 Å². The molecule has 0 bridgehead atoms. The number of rotatable bonds is 2. The normalized spacial score (nSPS) is 10.2. The minimum atomic E-state index is -1.12. The third kappa shape index (κ3) is 2.73. The predicted molar refractivity (Wildman–Crippen MR) is 86.9 cm³/mol. The van der Waals surface area contributed by atoms with Crippen molar-refractivity contribution in [3.05, 3.63) is 69.9 Å². The second-order valence-electron chi connectivity index (χ2n) is 4.83. The fourth-order valence-corrected chi connectivity index (χ4v) is 2.21. The summed E-state index contributed by atoms with van der Waals surface area (Å²) in [5.74, 6) is -0.758. The lowest BCUT2D eigenvalue weighted by Crippen LogP contribution is -2.04. The van der Waals surface area contributed by atoms with Crippen LogP contribution in [0.1, 0.15) is 15.9 Å². The molecule has 0 aliphatic heterocycles. The maximum atomic E-state index is 12.2. The summed E-state index contributed by atoms with van der Waals surface area (Å²) < 4.78 is 5.68. The van der Waals surface area contributed by atoms with Crippen LogP contribution in [0.15, 0.2) is 57.7 Å². The number of aromatic carboxylic acids is 1. The quantitative estimate of drug-likeness (QED) is 0.779. The molecule has 1 N–H and O–H groups in total.